The van der Waals surface area contributed by atoms with Gasteiger partial charge in [-0.25, -0.2) is 9.59 Å². The first-order chi connectivity index (χ1) is 18.6. The molecule has 0 radical (unpaired) electrons. The molecule has 2 N–H and O–H groups in total. The molecule has 0 aromatic heterocycles. The number of carbonyl (C=O) groups is 2. The largest absolute Gasteiger partial charge is 0.496 e. The highest BCUT2D eigenvalue weighted by atomic mass is 16.5. The molecule has 0 bridgehead atoms. The predicted octanol–water partition coefficient (Wildman–Crippen LogP) is 8.25. The van der Waals surface area contributed by atoms with Crippen molar-refractivity contribution < 1.29 is 24.5 Å². The SMILES string of the molecule is CCCCCCCCCCCCCCCc1cccc(OC)c1C1(C)C(C(=O)O)=C(C)N(C)C(C)=C1C(=O)O. The van der Waals surface area contributed by atoms with Gasteiger partial charge in [0.05, 0.1) is 23.7 Å². The van der Waals surface area contributed by atoms with E-state index in [1.807, 2.05) is 12.1 Å². The average molecular weight is 542 g/mol. The van der Waals surface area contributed by atoms with E-state index >= 15 is 0 Å². The van der Waals surface area contributed by atoms with E-state index in [0.29, 0.717) is 22.7 Å². The molecular formula is C33H51NO5. The van der Waals surface area contributed by atoms with Crippen molar-refractivity contribution in [3.05, 3.63) is 51.9 Å². The van der Waals surface area contributed by atoms with Gasteiger partial charge in [-0.1, -0.05) is 96.1 Å². The lowest BCUT2D eigenvalue weighted by Gasteiger charge is -2.42. The van der Waals surface area contributed by atoms with Gasteiger partial charge in [0, 0.05) is 24.0 Å². The second-order valence-corrected chi connectivity index (χ2v) is 11.2. The number of nitrogens with zero attached hydrogens (tertiary/aromatic N) is 1. The first kappa shape index (κ1) is 32.5. The molecule has 0 spiro atoms. The van der Waals surface area contributed by atoms with Crippen molar-refractivity contribution in [3.8, 4) is 5.75 Å². The third-order valence-electron chi connectivity index (χ3n) is 8.54. The smallest absolute Gasteiger partial charge is 0.334 e. The third-order valence-corrected chi connectivity index (χ3v) is 8.54. The molecule has 218 valence electrons. The van der Waals surface area contributed by atoms with Gasteiger partial charge < -0.3 is 19.8 Å². The molecule has 0 aliphatic carbocycles. The van der Waals surface area contributed by atoms with Gasteiger partial charge in [-0.2, -0.15) is 0 Å². The van der Waals surface area contributed by atoms with Gasteiger partial charge in [-0.15, -0.1) is 0 Å². The van der Waals surface area contributed by atoms with E-state index in [-0.39, 0.29) is 11.1 Å². The van der Waals surface area contributed by atoms with Crippen molar-refractivity contribution in [1.82, 2.24) is 4.90 Å². The number of ether oxygens (including phenoxy) is 1. The summed E-state index contributed by atoms with van der Waals surface area (Å²) >= 11 is 0. The monoisotopic (exact) mass is 541 g/mol. The predicted molar refractivity (Wildman–Crippen MR) is 158 cm³/mol. The van der Waals surface area contributed by atoms with Crippen LogP contribution >= 0.6 is 0 Å². The molecule has 6 nitrogen and oxygen atoms in total. The highest BCUT2D eigenvalue weighted by molar-refractivity contribution is 6.01. The molecule has 0 fully saturated rings. The minimum Gasteiger partial charge on any atom is -0.496 e. The van der Waals surface area contributed by atoms with Crippen molar-refractivity contribution in [2.24, 2.45) is 0 Å². The fraction of sp³-hybridized carbons (Fsp3) is 0.636. The molecule has 1 aromatic carbocycles. The quantitative estimate of drug-likeness (QED) is 0.182. The van der Waals surface area contributed by atoms with Crippen LogP contribution < -0.4 is 4.74 Å². The zero-order chi connectivity index (χ0) is 29.0. The molecule has 0 unspecified atom stereocenters. The number of rotatable bonds is 18. The van der Waals surface area contributed by atoms with E-state index in [9.17, 15) is 19.8 Å². The number of unbranched alkanes of at least 4 members (excludes halogenated alkanes) is 12. The summed E-state index contributed by atoms with van der Waals surface area (Å²) in [5, 5.41) is 20.6. The molecule has 1 heterocycles. The topological polar surface area (TPSA) is 87.1 Å². The van der Waals surface area contributed by atoms with Crippen LogP contribution in [0.25, 0.3) is 0 Å². The summed E-state index contributed by atoms with van der Waals surface area (Å²) in [5.41, 5.74) is 1.44. The van der Waals surface area contributed by atoms with Crippen molar-refractivity contribution in [2.75, 3.05) is 14.2 Å². The number of carboxylic acids is 2. The normalized spacial score (nSPS) is 15.2. The van der Waals surface area contributed by atoms with Gasteiger partial charge in [-0.3, -0.25) is 0 Å². The summed E-state index contributed by atoms with van der Waals surface area (Å²) in [6, 6.07) is 5.70. The van der Waals surface area contributed by atoms with Crippen LogP contribution in [0.3, 0.4) is 0 Å². The standard InChI is InChI=1S/C33H51NO5/c1-7-8-9-10-11-12-13-14-15-16-17-18-19-21-26-22-20-23-27(39-6)30(26)33(4)28(31(35)36)24(2)34(5)25(3)29(33)32(37)38/h20,22-23H,7-19,21H2,1-6H3,(H,35,36)(H,37,38). The molecule has 6 heteroatoms. The molecule has 0 saturated carbocycles. The fourth-order valence-corrected chi connectivity index (χ4v) is 6.28. The molecule has 0 atom stereocenters. The van der Waals surface area contributed by atoms with E-state index < -0.39 is 17.4 Å². The van der Waals surface area contributed by atoms with Crippen molar-refractivity contribution in [3.63, 3.8) is 0 Å². The number of aliphatic carboxylic acids is 2. The highest BCUT2D eigenvalue weighted by Gasteiger charge is 2.50. The number of benzene rings is 1. The number of hydrogen-bond acceptors (Lipinski definition) is 4. The van der Waals surface area contributed by atoms with Gasteiger partial charge in [0.15, 0.2) is 0 Å². The number of methoxy groups -OCH3 is 1. The lowest BCUT2D eigenvalue weighted by molar-refractivity contribution is -0.134. The van der Waals surface area contributed by atoms with Crippen molar-refractivity contribution in [1.29, 1.82) is 0 Å². The summed E-state index contributed by atoms with van der Waals surface area (Å²) in [6.45, 7) is 7.47. The zero-order valence-electron chi connectivity index (χ0n) is 25.2. The van der Waals surface area contributed by atoms with Crippen LogP contribution in [0.15, 0.2) is 40.7 Å². The molecule has 1 aliphatic heterocycles. The first-order valence-electron chi connectivity index (χ1n) is 14.9. The number of allylic oxidation sites excluding steroid dienone is 2. The minimum absolute atomic E-state index is 0.0733. The number of aryl methyl sites for hydroxylation is 1. The van der Waals surface area contributed by atoms with Crippen LogP contribution in [0.5, 0.6) is 5.75 Å². The Morgan fingerprint density at radius 2 is 1.23 bits per heavy atom. The lowest BCUT2D eigenvalue weighted by Crippen LogP contribution is -2.43. The summed E-state index contributed by atoms with van der Waals surface area (Å²) < 4.78 is 5.73. The zero-order valence-corrected chi connectivity index (χ0v) is 25.2. The lowest BCUT2D eigenvalue weighted by atomic mass is 9.65. The summed E-state index contributed by atoms with van der Waals surface area (Å²) in [5.74, 6) is -1.72. The molecule has 2 rings (SSSR count). The van der Waals surface area contributed by atoms with E-state index in [1.54, 1.807) is 45.9 Å². The van der Waals surface area contributed by atoms with E-state index in [1.165, 1.54) is 70.6 Å². The second-order valence-electron chi connectivity index (χ2n) is 11.2. The van der Waals surface area contributed by atoms with Crippen molar-refractivity contribution in [2.45, 2.75) is 123 Å². The highest BCUT2D eigenvalue weighted by Crippen LogP contribution is 2.50. The molecular weight excluding hydrogens is 490 g/mol. The Labute approximate surface area is 236 Å². The number of carboxylic acid groups (broad SMARTS) is 2. The van der Waals surface area contributed by atoms with E-state index in [2.05, 4.69) is 6.92 Å². The fourth-order valence-electron chi connectivity index (χ4n) is 6.28. The van der Waals surface area contributed by atoms with Crippen LogP contribution in [0.1, 0.15) is 122 Å². The Balaban J connectivity index is 2.13. The first-order valence-corrected chi connectivity index (χ1v) is 14.9. The van der Waals surface area contributed by atoms with Gasteiger partial charge in [0.2, 0.25) is 0 Å². The van der Waals surface area contributed by atoms with Crippen LogP contribution in [0, 0.1) is 0 Å². The van der Waals surface area contributed by atoms with Crippen molar-refractivity contribution >= 4 is 11.9 Å². The Morgan fingerprint density at radius 1 is 0.795 bits per heavy atom. The Hall–Kier alpha value is -2.76. The maximum Gasteiger partial charge on any atom is 0.334 e. The van der Waals surface area contributed by atoms with E-state index in [0.717, 1.165) is 24.8 Å². The summed E-state index contributed by atoms with van der Waals surface area (Å²) in [4.78, 5) is 26.9. The Bertz CT molecular complexity index is 1000. The van der Waals surface area contributed by atoms with Crippen LogP contribution in [-0.2, 0) is 21.4 Å². The van der Waals surface area contributed by atoms with Gasteiger partial charge in [-0.05, 0) is 45.2 Å². The van der Waals surface area contributed by atoms with Gasteiger partial charge in [0.25, 0.3) is 0 Å². The molecule has 0 saturated heterocycles. The average Bonchev–Trinajstić information content (AvgIpc) is 2.89. The van der Waals surface area contributed by atoms with Crippen LogP contribution in [-0.4, -0.2) is 41.2 Å². The summed E-state index contributed by atoms with van der Waals surface area (Å²) in [6.07, 6.45) is 17.3. The molecule has 39 heavy (non-hydrogen) atoms. The molecule has 0 amide bonds. The molecule has 1 aromatic rings. The Kier molecular flexibility index (Phi) is 13.1. The van der Waals surface area contributed by atoms with Gasteiger partial charge in [0.1, 0.15) is 5.75 Å². The second kappa shape index (κ2) is 15.7. The van der Waals surface area contributed by atoms with E-state index in [4.69, 9.17) is 4.74 Å². The van der Waals surface area contributed by atoms with Crippen LogP contribution in [0.4, 0.5) is 0 Å². The number of hydrogen-bond donors (Lipinski definition) is 2. The third kappa shape index (κ3) is 7.89. The Morgan fingerprint density at radius 3 is 1.64 bits per heavy atom. The maximum atomic E-state index is 12.6. The van der Waals surface area contributed by atoms with Crippen LogP contribution in [0.2, 0.25) is 0 Å². The minimum atomic E-state index is -1.36. The maximum absolute atomic E-state index is 12.6. The van der Waals surface area contributed by atoms with Gasteiger partial charge >= 0.3 is 11.9 Å². The molecule has 1 aliphatic rings. The summed E-state index contributed by atoms with van der Waals surface area (Å²) in [7, 11) is 3.27.